The lowest BCUT2D eigenvalue weighted by molar-refractivity contribution is 0.0707. The van der Waals surface area contributed by atoms with Crippen LogP contribution in [-0.2, 0) is 16.6 Å². The minimum absolute atomic E-state index is 0.0389. The summed E-state index contributed by atoms with van der Waals surface area (Å²) in [6.45, 7) is 5.70. The molecule has 1 heterocycles. The second-order valence-corrected chi connectivity index (χ2v) is 11.5. The Hall–Kier alpha value is -3.88. The van der Waals surface area contributed by atoms with Crippen molar-refractivity contribution in [2.24, 2.45) is 0 Å². The Bertz CT molecular complexity index is 1490. The van der Waals surface area contributed by atoms with Crippen LogP contribution in [0.15, 0.2) is 71.6 Å². The smallest absolute Gasteiger partial charge is 0.276 e. The zero-order chi connectivity index (χ0) is 28.7. The number of likely N-dealkylation sites (N-methyl/N-ethyl adjacent to an activating group) is 1. The van der Waals surface area contributed by atoms with Crippen molar-refractivity contribution in [2.45, 2.75) is 18.4 Å². The molecule has 0 aromatic heterocycles. The van der Waals surface area contributed by atoms with Gasteiger partial charge in [-0.05, 0) is 67.1 Å². The fourth-order valence-corrected chi connectivity index (χ4v) is 5.89. The highest BCUT2D eigenvalue weighted by Crippen LogP contribution is 2.35. The van der Waals surface area contributed by atoms with Crippen molar-refractivity contribution in [3.05, 3.63) is 77.9 Å². The first-order chi connectivity index (χ1) is 19.2. The van der Waals surface area contributed by atoms with Crippen LogP contribution in [0.2, 0.25) is 0 Å². The van der Waals surface area contributed by atoms with Crippen molar-refractivity contribution in [3.63, 3.8) is 0 Å². The standard InChI is InChI=1S/C30H34N4O5S/c1-4-5-19-39-26-11-13-27(14-12-26)40(37,38)33(3)29-25(22-34-17-15-32(2)16-18-34)20-24(21-28(29)30(35)31-36)23-9-7-6-8-10-23/h6-14,20-21,36H,15-19,22H2,1-3H3,(H,31,35). The van der Waals surface area contributed by atoms with Crippen LogP contribution in [0.4, 0.5) is 5.69 Å². The molecule has 9 nitrogen and oxygen atoms in total. The summed E-state index contributed by atoms with van der Waals surface area (Å²) in [7, 11) is -0.594. The molecule has 3 aromatic carbocycles. The quantitative estimate of drug-likeness (QED) is 0.234. The third-order valence-electron chi connectivity index (χ3n) is 6.92. The number of rotatable bonds is 9. The Kier molecular flexibility index (Phi) is 9.45. The largest absolute Gasteiger partial charge is 0.481 e. The summed E-state index contributed by atoms with van der Waals surface area (Å²) < 4.78 is 34.4. The van der Waals surface area contributed by atoms with Crippen LogP contribution in [0, 0.1) is 11.8 Å². The monoisotopic (exact) mass is 562 g/mol. The van der Waals surface area contributed by atoms with E-state index in [1.165, 1.54) is 19.2 Å². The molecule has 2 N–H and O–H groups in total. The van der Waals surface area contributed by atoms with E-state index in [4.69, 9.17) is 4.74 Å². The maximum Gasteiger partial charge on any atom is 0.276 e. The number of hydrogen-bond donors (Lipinski definition) is 2. The van der Waals surface area contributed by atoms with Gasteiger partial charge in [0, 0.05) is 39.8 Å². The molecule has 1 aliphatic heterocycles. The lowest BCUT2D eigenvalue weighted by Crippen LogP contribution is -2.44. The average molecular weight is 563 g/mol. The van der Waals surface area contributed by atoms with Crippen LogP contribution in [0.25, 0.3) is 11.1 Å². The Morgan fingerprint density at radius 1 is 1.02 bits per heavy atom. The van der Waals surface area contributed by atoms with Gasteiger partial charge < -0.3 is 9.64 Å². The summed E-state index contributed by atoms with van der Waals surface area (Å²) in [5, 5.41) is 9.63. The van der Waals surface area contributed by atoms with Gasteiger partial charge in [-0.15, -0.1) is 5.92 Å². The lowest BCUT2D eigenvalue weighted by Gasteiger charge is -2.34. The van der Waals surface area contributed by atoms with Gasteiger partial charge in [0.2, 0.25) is 0 Å². The molecule has 0 saturated carbocycles. The number of piperazine rings is 1. The SMILES string of the molecule is CC#CCOc1ccc(S(=O)(=O)N(C)c2c(CN3CCN(C)CC3)cc(-c3ccccc3)cc2C(=O)NO)cc1. The average Bonchev–Trinajstić information content (AvgIpc) is 2.98. The van der Waals surface area contributed by atoms with Gasteiger partial charge in [0.15, 0.2) is 0 Å². The van der Waals surface area contributed by atoms with E-state index >= 15 is 0 Å². The Morgan fingerprint density at radius 2 is 1.70 bits per heavy atom. The van der Waals surface area contributed by atoms with E-state index in [1.807, 2.05) is 36.4 Å². The van der Waals surface area contributed by atoms with E-state index in [1.54, 1.807) is 30.6 Å². The summed E-state index contributed by atoms with van der Waals surface area (Å²) in [6, 6.07) is 19.1. The van der Waals surface area contributed by atoms with Crippen molar-refractivity contribution in [3.8, 4) is 28.7 Å². The maximum atomic E-state index is 13.9. The van der Waals surface area contributed by atoms with E-state index in [0.717, 1.165) is 41.6 Å². The van der Waals surface area contributed by atoms with Gasteiger partial charge >= 0.3 is 0 Å². The first-order valence-electron chi connectivity index (χ1n) is 12.9. The highest BCUT2D eigenvalue weighted by molar-refractivity contribution is 7.92. The number of sulfonamides is 1. The molecule has 0 aliphatic carbocycles. The molecule has 0 spiro atoms. The molecule has 1 fully saturated rings. The number of hydroxylamine groups is 1. The normalized spacial score (nSPS) is 14.2. The summed E-state index contributed by atoms with van der Waals surface area (Å²) in [5.41, 5.74) is 4.25. The number of nitrogens with one attached hydrogen (secondary N) is 1. The van der Waals surface area contributed by atoms with Crippen molar-refractivity contribution < 1.29 is 23.2 Å². The zero-order valence-electron chi connectivity index (χ0n) is 22.9. The fraction of sp³-hybridized carbons (Fsp3) is 0.300. The van der Waals surface area contributed by atoms with Crippen LogP contribution in [0.1, 0.15) is 22.8 Å². The fourth-order valence-electron chi connectivity index (χ4n) is 4.64. The van der Waals surface area contributed by atoms with Crippen LogP contribution in [0.3, 0.4) is 0 Å². The third-order valence-corrected chi connectivity index (χ3v) is 8.69. The molecule has 1 aliphatic rings. The van der Waals surface area contributed by atoms with Gasteiger partial charge in [0.1, 0.15) is 12.4 Å². The summed E-state index contributed by atoms with van der Waals surface area (Å²) in [4.78, 5) is 17.5. The Morgan fingerprint density at radius 3 is 2.33 bits per heavy atom. The lowest BCUT2D eigenvalue weighted by atomic mass is 9.96. The molecule has 0 radical (unpaired) electrons. The first-order valence-corrected chi connectivity index (χ1v) is 14.4. The molecule has 1 saturated heterocycles. The first kappa shape index (κ1) is 29.1. The zero-order valence-corrected chi connectivity index (χ0v) is 23.7. The minimum Gasteiger partial charge on any atom is -0.481 e. The molecule has 3 aromatic rings. The molecular weight excluding hydrogens is 528 g/mol. The highest BCUT2D eigenvalue weighted by Gasteiger charge is 2.30. The van der Waals surface area contributed by atoms with Crippen molar-refractivity contribution in [2.75, 3.05) is 51.2 Å². The number of benzene rings is 3. The summed E-state index contributed by atoms with van der Waals surface area (Å²) >= 11 is 0. The van der Waals surface area contributed by atoms with E-state index in [0.29, 0.717) is 17.9 Å². The predicted molar refractivity (Wildman–Crippen MR) is 155 cm³/mol. The van der Waals surface area contributed by atoms with Gasteiger partial charge in [-0.25, -0.2) is 13.9 Å². The second-order valence-electron chi connectivity index (χ2n) is 9.58. The number of carbonyl (C=O) groups is 1. The van der Waals surface area contributed by atoms with E-state index in [2.05, 4.69) is 28.7 Å². The molecule has 0 unspecified atom stereocenters. The predicted octanol–water partition coefficient (Wildman–Crippen LogP) is 3.45. The van der Waals surface area contributed by atoms with Crippen molar-refractivity contribution in [1.82, 2.24) is 15.3 Å². The van der Waals surface area contributed by atoms with Gasteiger partial charge in [-0.3, -0.25) is 19.2 Å². The van der Waals surface area contributed by atoms with Crippen molar-refractivity contribution >= 4 is 21.6 Å². The van der Waals surface area contributed by atoms with Crippen LogP contribution < -0.4 is 14.5 Å². The molecule has 210 valence electrons. The summed E-state index contributed by atoms with van der Waals surface area (Å²) in [6.07, 6.45) is 0. The van der Waals surface area contributed by atoms with Crippen LogP contribution >= 0.6 is 0 Å². The van der Waals surface area contributed by atoms with E-state index in [-0.39, 0.29) is 22.8 Å². The molecule has 10 heteroatoms. The molecule has 40 heavy (non-hydrogen) atoms. The van der Waals surface area contributed by atoms with Gasteiger partial charge in [0.05, 0.1) is 16.1 Å². The highest BCUT2D eigenvalue weighted by atomic mass is 32.2. The number of nitrogens with zero attached hydrogens (tertiary/aromatic N) is 3. The number of carbonyl (C=O) groups excluding carboxylic acids is 1. The van der Waals surface area contributed by atoms with Crippen LogP contribution in [-0.4, -0.2) is 76.2 Å². The molecule has 4 rings (SSSR count). The minimum atomic E-state index is -4.09. The second kappa shape index (κ2) is 13.0. The molecule has 0 bridgehead atoms. The molecular formula is C30H34N4O5S. The third kappa shape index (κ3) is 6.63. The Balaban J connectivity index is 1.80. The summed E-state index contributed by atoms with van der Waals surface area (Å²) in [5.74, 6) is 5.24. The maximum absolute atomic E-state index is 13.9. The topological polar surface area (TPSA) is 102 Å². The number of ether oxygens (including phenoxy) is 1. The van der Waals surface area contributed by atoms with E-state index < -0.39 is 15.9 Å². The van der Waals surface area contributed by atoms with Crippen LogP contribution in [0.5, 0.6) is 5.75 Å². The van der Waals surface area contributed by atoms with Gasteiger partial charge in [0.25, 0.3) is 15.9 Å². The Labute approximate surface area is 236 Å². The number of hydrogen-bond acceptors (Lipinski definition) is 7. The van der Waals surface area contributed by atoms with Gasteiger partial charge in [-0.1, -0.05) is 36.3 Å². The number of amides is 1. The van der Waals surface area contributed by atoms with E-state index in [9.17, 15) is 18.4 Å². The van der Waals surface area contributed by atoms with Crippen molar-refractivity contribution in [1.29, 1.82) is 0 Å². The molecule has 0 atom stereocenters. The van der Waals surface area contributed by atoms with Gasteiger partial charge in [-0.2, -0.15) is 0 Å². The molecule has 1 amide bonds. The number of anilines is 1.